The predicted octanol–water partition coefficient (Wildman–Crippen LogP) is 18.2. The highest BCUT2D eigenvalue weighted by Gasteiger charge is 2.27. The van der Waals surface area contributed by atoms with Gasteiger partial charge in [-0.25, -0.2) is 8.78 Å². The molecule has 12 aromatic carbocycles. The fourth-order valence-corrected chi connectivity index (χ4v) is 9.16. The minimum atomic E-state index is -1.15. The second-order valence-corrected chi connectivity index (χ2v) is 16.3. The van der Waals surface area contributed by atoms with Crippen LogP contribution in [0.4, 0.5) is 42.9 Å². The van der Waals surface area contributed by atoms with Crippen molar-refractivity contribution in [3.05, 3.63) is 265 Å². The maximum Gasteiger partial charge on any atom is 0.133 e. The second-order valence-electron chi connectivity index (χ2n) is 16.3. The first kappa shape index (κ1) is 26.8. The third kappa shape index (κ3) is 7.61. The van der Waals surface area contributed by atoms with Gasteiger partial charge in [0, 0.05) is 44.4 Å². The molecule has 0 saturated carbocycles. The normalized spacial score (nSPS) is 15.1. The van der Waals surface area contributed by atoms with Crippen molar-refractivity contribution in [3.8, 4) is 56.6 Å². The van der Waals surface area contributed by atoms with E-state index in [1.165, 1.54) is 58.3 Å². The van der Waals surface area contributed by atoms with Gasteiger partial charge in [0.25, 0.3) is 0 Å². The van der Waals surface area contributed by atoms with Crippen LogP contribution in [0.2, 0.25) is 0 Å². The fourth-order valence-electron chi connectivity index (χ4n) is 9.16. The summed E-state index contributed by atoms with van der Waals surface area (Å²) >= 11 is 0. The Balaban J connectivity index is 1.19. The van der Waals surface area contributed by atoms with E-state index in [0.29, 0.717) is 32.3 Å². The van der Waals surface area contributed by atoms with Gasteiger partial charge in [0.2, 0.25) is 0 Å². The highest BCUT2D eigenvalue weighted by atomic mass is 19.1. The molecule has 0 unspecified atom stereocenters. The van der Waals surface area contributed by atoms with Crippen LogP contribution < -0.4 is 9.80 Å². The zero-order chi connectivity index (χ0) is 66.1. The molecule has 0 aromatic heterocycles. The molecule has 0 N–H and O–H groups in total. The number of hydrogen-bond donors (Lipinski definition) is 0. The van der Waals surface area contributed by atoms with E-state index in [1.807, 2.05) is 0 Å². The first-order valence-electron chi connectivity index (χ1n) is 32.0. The SMILES string of the molecule is [2H]c1c([2H])c([2H])c(-c2cc(-c3c([2H])c([2H])c([2H])c([2H])c3[2H])c(N(c3ccc(C#N)cc3)c3ccc4ccc5c(N(c6ccc(C#N)cc6)c6cc(F)c(-c7c([2H])c([2H])c([2H])c([2H])c7[2H])cc6-c6c([2H])c([2H])c([2H])c([2H])c6[2H])ccc6ccc3c4c65)cc2F)c([2H])c1[2H]. The maximum atomic E-state index is 17.7. The standard InChI is InChI=1S/C66H40F2N4/c67-59-39-63(57(47-17-9-3-10-18-47)37-55(59)45-13-5-1-6-14-45)71(51-29-21-43(41-69)22-30-51)61-35-27-49-26-34-54-62(36-28-50-25-33-53(61)65(49)66(50)54)72(52-31-23-44(42-70)24-32-52)64-40-60(68)56(46-15-7-2-8-16-46)38-58(64)48-19-11-4-12-20-48/h1-40H/i1D,2D,3D,4D,5D,6D,7D,8D,9D,10D,11D,12D,13D,14D,15D,16D,17D,18D,19D,20D. The van der Waals surface area contributed by atoms with Crippen molar-refractivity contribution in [3.63, 3.8) is 0 Å². The van der Waals surface area contributed by atoms with E-state index in [0.717, 1.165) is 24.3 Å². The highest BCUT2D eigenvalue weighted by Crippen LogP contribution is 2.51. The van der Waals surface area contributed by atoms with E-state index in [1.54, 1.807) is 48.5 Å². The number of halogens is 2. The molecule has 0 heterocycles. The summed E-state index contributed by atoms with van der Waals surface area (Å²) in [5.41, 5.74) is -2.71. The fraction of sp³-hybridized carbons (Fsp3) is 0. The van der Waals surface area contributed by atoms with Gasteiger partial charge >= 0.3 is 0 Å². The molecule has 72 heavy (non-hydrogen) atoms. The third-order valence-corrected chi connectivity index (χ3v) is 12.3. The van der Waals surface area contributed by atoms with Crippen LogP contribution in [0.5, 0.6) is 0 Å². The van der Waals surface area contributed by atoms with Crippen LogP contribution in [0.1, 0.15) is 38.5 Å². The van der Waals surface area contributed by atoms with Gasteiger partial charge in [-0.3, -0.25) is 0 Å². The quantitative estimate of drug-likeness (QED) is 0.128. The number of nitrogens with zero attached hydrogens (tertiary/aromatic N) is 4. The summed E-state index contributed by atoms with van der Waals surface area (Å²) in [4.78, 5) is 3.04. The molecule has 12 rings (SSSR count). The molecule has 0 radical (unpaired) electrons. The second kappa shape index (κ2) is 18.2. The molecule has 0 aliphatic rings. The number of benzene rings is 12. The van der Waals surface area contributed by atoms with E-state index in [4.69, 9.17) is 21.9 Å². The molecular formula is C66H40F2N4. The van der Waals surface area contributed by atoms with Gasteiger partial charge in [-0.15, -0.1) is 0 Å². The summed E-state index contributed by atoms with van der Waals surface area (Å²) in [7, 11) is 0. The largest absolute Gasteiger partial charge is 0.309 e. The maximum absolute atomic E-state index is 17.7. The minimum Gasteiger partial charge on any atom is -0.309 e. The van der Waals surface area contributed by atoms with Gasteiger partial charge in [0.15, 0.2) is 0 Å². The summed E-state index contributed by atoms with van der Waals surface area (Å²) < 4.78 is 210. The molecule has 0 spiro atoms. The van der Waals surface area contributed by atoms with Gasteiger partial charge in [-0.1, -0.05) is 157 Å². The lowest BCUT2D eigenvalue weighted by atomic mass is 9.90. The number of anilines is 6. The van der Waals surface area contributed by atoms with Crippen LogP contribution in [0.15, 0.2) is 242 Å². The number of hydrogen-bond acceptors (Lipinski definition) is 4. The summed E-state index contributed by atoms with van der Waals surface area (Å²) in [6.07, 6.45) is 0. The van der Waals surface area contributed by atoms with Crippen molar-refractivity contribution < 1.29 is 36.2 Å². The van der Waals surface area contributed by atoms with Crippen molar-refractivity contribution >= 4 is 66.4 Å². The smallest absolute Gasteiger partial charge is 0.133 e. The Bertz CT molecular complexity index is 4860. The average molecular weight is 947 g/mol. The molecule has 0 fully saturated rings. The van der Waals surface area contributed by atoms with E-state index in [2.05, 4.69) is 12.1 Å². The average Bonchev–Trinajstić information content (AvgIpc) is 0.720. The molecule has 6 heteroatoms. The van der Waals surface area contributed by atoms with Crippen molar-refractivity contribution in [2.75, 3.05) is 9.80 Å². The Kier molecular flexibility index (Phi) is 6.77. The van der Waals surface area contributed by atoms with E-state index >= 15 is 8.78 Å². The lowest BCUT2D eigenvalue weighted by Crippen LogP contribution is -2.13. The molecule has 0 aliphatic heterocycles. The van der Waals surface area contributed by atoms with Crippen molar-refractivity contribution in [2.45, 2.75) is 0 Å². The summed E-state index contributed by atoms with van der Waals surface area (Å²) in [6.45, 7) is 0. The molecule has 0 atom stereocenters. The molecule has 12 aromatic rings. The first-order chi connectivity index (χ1) is 43.7. The Labute approximate surface area is 443 Å². The zero-order valence-corrected chi connectivity index (χ0v) is 37.1. The van der Waals surface area contributed by atoms with Gasteiger partial charge < -0.3 is 9.80 Å². The van der Waals surface area contributed by atoms with E-state index < -0.39 is 166 Å². The van der Waals surface area contributed by atoms with Crippen LogP contribution >= 0.6 is 0 Å². The Morgan fingerprint density at radius 3 is 1.00 bits per heavy atom. The molecule has 0 saturated heterocycles. The highest BCUT2D eigenvalue weighted by molar-refractivity contribution is 6.28. The molecule has 4 nitrogen and oxygen atoms in total. The summed E-state index contributed by atoms with van der Waals surface area (Å²) in [5, 5.41) is 23.1. The van der Waals surface area contributed by atoms with Crippen molar-refractivity contribution in [2.24, 2.45) is 0 Å². The van der Waals surface area contributed by atoms with Gasteiger partial charge in [0.05, 0.1) is 73.4 Å². The monoisotopic (exact) mass is 946 g/mol. The Hall–Kier alpha value is -9.88. The lowest BCUT2D eigenvalue weighted by molar-refractivity contribution is 0.631. The van der Waals surface area contributed by atoms with E-state index in [-0.39, 0.29) is 56.4 Å². The van der Waals surface area contributed by atoms with Crippen LogP contribution in [0.3, 0.4) is 0 Å². The third-order valence-electron chi connectivity index (χ3n) is 12.3. The minimum absolute atomic E-state index is 0.182. The molecular weight excluding hydrogens is 887 g/mol. The molecule has 338 valence electrons. The van der Waals surface area contributed by atoms with Crippen LogP contribution in [-0.4, -0.2) is 0 Å². The Morgan fingerprint density at radius 2 is 0.667 bits per heavy atom. The number of nitriles is 2. The first-order valence-corrected chi connectivity index (χ1v) is 22.0. The zero-order valence-electron chi connectivity index (χ0n) is 57.1. The van der Waals surface area contributed by atoms with E-state index in [9.17, 15) is 16.0 Å². The lowest BCUT2D eigenvalue weighted by Gasteiger charge is -2.31. The molecule has 0 aliphatic carbocycles. The van der Waals surface area contributed by atoms with Crippen LogP contribution in [-0.2, 0) is 0 Å². The van der Waals surface area contributed by atoms with Crippen LogP contribution in [0.25, 0.3) is 76.8 Å². The Morgan fingerprint density at radius 1 is 0.347 bits per heavy atom. The molecule has 0 bridgehead atoms. The van der Waals surface area contributed by atoms with Gasteiger partial charge in [0.1, 0.15) is 11.6 Å². The summed E-state index contributed by atoms with van der Waals surface area (Å²) in [6, 6.07) is 18.8. The van der Waals surface area contributed by atoms with Crippen molar-refractivity contribution in [1.29, 1.82) is 10.5 Å². The van der Waals surface area contributed by atoms with Crippen LogP contribution in [0, 0.1) is 34.3 Å². The summed E-state index contributed by atoms with van der Waals surface area (Å²) in [5.74, 6) is -2.31. The van der Waals surface area contributed by atoms with Gasteiger partial charge in [-0.2, -0.15) is 10.5 Å². The molecule has 0 amide bonds. The number of rotatable bonds is 10. The van der Waals surface area contributed by atoms with Gasteiger partial charge in [-0.05, 0) is 129 Å². The predicted molar refractivity (Wildman–Crippen MR) is 291 cm³/mol. The van der Waals surface area contributed by atoms with Crippen molar-refractivity contribution in [1.82, 2.24) is 0 Å². The topological polar surface area (TPSA) is 54.1 Å².